The Bertz CT molecular complexity index is 885. The van der Waals surface area contributed by atoms with Crippen molar-refractivity contribution in [3.05, 3.63) is 29.8 Å². The van der Waals surface area contributed by atoms with Gasteiger partial charge in [-0.3, -0.25) is 14.4 Å². The molecular weight excluding hydrogens is 464 g/mol. The topological polar surface area (TPSA) is 171 Å². The van der Waals surface area contributed by atoms with E-state index in [4.69, 9.17) is 5.73 Å². The summed E-state index contributed by atoms with van der Waals surface area (Å²) in [6, 6.07) is 2.18. The van der Waals surface area contributed by atoms with Crippen molar-refractivity contribution in [2.45, 2.75) is 85.0 Å². The van der Waals surface area contributed by atoms with Gasteiger partial charge in [0, 0.05) is 6.42 Å². The fourth-order valence-electron chi connectivity index (χ4n) is 3.71. The van der Waals surface area contributed by atoms with E-state index in [1.807, 2.05) is 27.7 Å². The number of carboxylic acids is 1. The van der Waals surface area contributed by atoms with Crippen molar-refractivity contribution >= 4 is 23.7 Å². The Hall–Kier alpha value is -3.14. The Kier molecular flexibility index (Phi) is 12.4. The van der Waals surface area contributed by atoms with Crippen molar-refractivity contribution in [1.82, 2.24) is 16.0 Å². The lowest BCUT2D eigenvalue weighted by Crippen LogP contribution is -2.59. The maximum absolute atomic E-state index is 13.2. The van der Waals surface area contributed by atoms with Gasteiger partial charge in [0.2, 0.25) is 17.7 Å². The maximum atomic E-state index is 13.2. The predicted octanol–water partition coefficient (Wildman–Crippen LogP) is 1.55. The van der Waals surface area contributed by atoms with Crippen molar-refractivity contribution in [3.63, 3.8) is 0 Å². The number of carbonyl (C=O) groups is 4. The first kappa shape index (κ1) is 30.9. The van der Waals surface area contributed by atoms with Crippen LogP contribution in [0, 0.1) is 17.8 Å². The molecule has 0 aliphatic carbocycles. The van der Waals surface area contributed by atoms with E-state index in [9.17, 15) is 29.4 Å². The van der Waals surface area contributed by atoms with E-state index < -0.39 is 47.9 Å². The van der Waals surface area contributed by atoms with E-state index >= 15 is 0 Å². The molecule has 0 radical (unpaired) electrons. The third-order valence-electron chi connectivity index (χ3n) is 5.64. The van der Waals surface area contributed by atoms with Crippen molar-refractivity contribution in [3.8, 4) is 5.75 Å². The molecule has 3 amide bonds. The van der Waals surface area contributed by atoms with Gasteiger partial charge >= 0.3 is 5.97 Å². The molecule has 202 valence electrons. The first-order chi connectivity index (χ1) is 16.7. The molecule has 4 unspecified atom stereocenters. The quantitative estimate of drug-likeness (QED) is 0.222. The molecule has 0 saturated heterocycles. The number of nitrogens with one attached hydrogen (secondary N) is 3. The minimum absolute atomic E-state index is 0.0205. The summed E-state index contributed by atoms with van der Waals surface area (Å²) in [4.78, 5) is 50.6. The predicted molar refractivity (Wildman–Crippen MR) is 137 cm³/mol. The van der Waals surface area contributed by atoms with Crippen LogP contribution < -0.4 is 21.7 Å². The highest BCUT2D eigenvalue weighted by atomic mass is 16.4. The fourth-order valence-corrected chi connectivity index (χ4v) is 3.71. The van der Waals surface area contributed by atoms with Crippen molar-refractivity contribution in [1.29, 1.82) is 0 Å². The highest BCUT2D eigenvalue weighted by molar-refractivity contribution is 5.94. The lowest BCUT2D eigenvalue weighted by molar-refractivity contribution is -0.142. The lowest BCUT2D eigenvalue weighted by atomic mass is 9.98. The molecule has 1 aromatic rings. The molecule has 0 bridgehead atoms. The van der Waals surface area contributed by atoms with Crippen LogP contribution in [0.25, 0.3) is 0 Å². The molecule has 36 heavy (non-hydrogen) atoms. The molecule has 0 spiro atoms. The summed E-state index contributed by atoms with van der Waals surface area (Å²) in [6.45, 7) is 11.1. The second-order valence-electron chi connectivity index (χ2n) is 10.4. The normalized spacial score (nSPS) is 14.7. The number of phenols is 1. The average molecular weight is 507 g/mol. The van der Waals surface area contributed by atoms with Crippen LogP contribution in [0.1, 0.15) is 59.9 Å². The van der Waals surface area contributed by atoms with Gasteiger partial charge < -0.3 is 31.9 Å². The Morgan fingerprint density at radius 1 is 0.778 bits per heavy atom. The van der Waals surface area contributed by atoms with Gasteiger partial charge in [-0.25, -0.2) is 4.79 Å². The molecule has 0 aliphatic heterocycles. The van der Waals surface area contributed by atoms with Gasteiger partial charge in [0.05, 0.1) is 6.04 Å². The first-order valence-electron chi connectivity index (χ1n) is 12.4. The molecule has 1 aromatic carbocycles. The molecule has 0 fully saturated rings. The third-order valence-corrected chi connectivity index (χ3v) is 5.64. The molecule has 10 nitrogen and oxygen atoms in total. The van der Waals surface area contributed by atoms with Crippen LogP contribution in [-0.2, 0) is 25.6 Å². The number of aliphatic carboxylic acids is 1. The zero-order chi connectivity index (χ0) is 27.6. The molecule has 0 heterocycles. The summed E-state index contributed by atoms with van der Waals surface area (Å²) in [7, 11) is 0. The molecule has 10 heteroatoms. The van der Waals surface area contributed by atoms with Gasteiger partial charge in [-0.2, -0.15) is 0 Å². The number of nitrogens with two attached hydrogens (primary N) is 1. The minimum Gasteiger partial charge on any atom is -0.508 e. The van der Waals surface area contributed by atoms with Crippen molar-refractivity contribution in [2.75, 3.05) is 0 Å². The number of aromatic hydroxyl groups is 1. The van der Waals surface area contributed by atoms with Crippen LogP contribution in [0.15, 0.2) is 24.3 Å². The largest absolute Gasteiger partial charge is 0.508 e. The van der Waals surface area contributed by atoms with Crippen LogP contribution in [-0.4, -0.2) is 58.1 Å². The molecule has 0 saturated carbocycles. The van der Waals surface area contributed by atoms with E-state index in [0.717, 1.165) is 0 Å². The van der Waals surface area contributed by atoms with Crippen LogP contribution in [0.4, 0.5) is 0 Å². The van der Waals surface area contributed by atoms with E-state index in [-0.39, 0.29) is 36.3 Å². The number of carbonyl (C=O) groups excluding carboxylic acids is 3. The first-order valence-corrected chi connectivity index (χ1v) is 12.4. The van der Waals surface area contributed by atoms with Gasteiger partial charge in [0.1, 0.15) is 23.9 Å². The maximum Gasteiger partial charge on any atom is 0.326 e. The average Bonchev–Trinajstić information content (AvgIpc) is 2.76. The molecule has 1 rings (SSSR count). The number of rotatable bonds is 14. The minimum atomic E-state index is -1.17. The van der Waals surface area contributed by atoms with Crippen LogP contribution >= 0.6 is 0 Å². The monoisotopic (exact) mass is 506 g/mol. The Balaban J connectivity index is 3.12. The number of benzene rings is 1. The highest BCUT2D eigenvalue weighted by Gasteiger charge is 2.32. The number of amides is 3. The highest BCUT2D eigenvalue weighted by Crippen LogP contribution is 2.13. The summed E-state index contributed by atoms with van der Waals surface area (Å²) in [6.07, 6.45) is 0.730. The second-order valence-corrected chi connectivity index (χ2v) is 10.4. The SMILES string of the molecule is CC(C)CC(N)C(=O)NC(C(=O)NC(Cc1ccc(O)cc1)C(=O)NC(CC(C)C)C(=O)O)C(C)C. The third kappa shape index (κ3) is 10.6. The number of phenolic OH excluding ortho intramolecular Hbond substituents is 1. The van der Waals surface area contributed by atoms with Crippen molar-refractivity contribution < 1.29 is 29.4 Å². The van der Waals surface area contributed by atoms with Crippen LogP contribution in [0.2, 0.25) is 0 Å². The smallest absolute Gasteiger partial charge is 0.326 e. The van der Waals surface area contributed by atoms with Crippen LogP contribution in [0.3, 0.4) is 0 Å². The second kappa shape index (κ2) is 14.4. The molecule has 4 atom stereocenters. The lowest BCUT2D eigenvalue weighted by Gasteiger charge is -2.27. The Morgan fingerprint density at radius 3 is 1.78 bits per heavy atom. The Morgan fingerprint density at radius 2 is 1.31 bits per heavy atom. The molecule has 7 N–H and O–H groups in total. The van der Waals surface area contributed by atoms with E-state index in [2.05, 4.69) is 16.0 Å². The molecule has 0 aliphatic rings. The fraction of sp³-hybridized carbons (Fsp3) is 0.615. The molecule has 0 aromatic heterocycles. The summed E-state index contributed by atoms with van der Waals surface area (Å²) in [5, 5.41) is 27.0. The van der Waals surface area contributed by atoms with Crippen molar-refractivity contribution in [2.24, 2.45) is 23.5 Å². The van der Waals surface area contributed by atoms with Crippen LogP contribution in [0.5, 0.6) is 5.75 Å². The van der Waals surface area contributed by atoms with Gasteiger partial charge in [0.25, 0.3) is 0 Å². The molecular formula is C26H42N4O6. The van der Waals surface area contributed by atoms with E-state index in [1.54, 1.807) is 26.0 Å². The van der Waals surface area contributed by atoms with E-state index in [0.29, 0.717) is 12.0 Å². The standard InChI is InChI=1S/C26H42N4O6/c1-14(2)11-19(27)23(32)30-22(16(5)6)25(34)28-20(13-17-7-9-18(31)10-8-17)24(33)29-21(26(35)36)12-15(3)4/h7-10,14-16,19-22,31H,11-13,27H2,1-6H3,(H,28,34)(H,29,33)(H,30,32)(H,35,36). The zero-order valence-corrected chi connectivity index (χ0v) is 22.1. The zero-order valence-electron chi connectivity index (χ0n) is 22.1. The summed E-state index contributed by atoms with van der Waals surface area (Å²) in [5.41, 5.74) is 6.62. The number of hydrogen-bond acceptors (Lipinski definition) is 6. The van der Waals surface area contributed by atoms with E-state index in [1.165, 1.54) is 12.1 Å². The number of hydrogen-bond donors (Lipinski definition) is 6. The van der Waals surface area contributed by atoms with Gasteiger partial charge in [0.15, 0.2) is 0 Å². The number of carboxylic acid groups (broad SMARTS) is 1. The van der Waals surface area contributed by atoms with Gasteiger partial charge in [-0.15, -0.1) is 0 Å². The Labute approximate surface area is 213 Å². The summed E-state index contributed by atoms with van der Waals surface area (Å²) in [5.74, 6) is -2.90. The van der Waals surface area contributed by atoms with Gasteiger partial charge in [-0.05, 0) is 48.3 Å². The summed E-state index contributed by atoms with van der Waals surface area (Å²) >= 11 is 0. The summed E-state index contributed by atoms with van der Waals surface area (Å²) < 4.78 is 0. The van der Waals surface area contributed by atoms with Gasteiger partial charge in [-0.1, -0.05) is 53.7 Å².